The van der Waals surface area contributed by atoms with Crippen LogP contribution in [0, 0.1) is 12.8 Å². The molecule has 0 bridgehead atoms. The molecule has 0 aromatic carbocycles. The third-order valence-electron chi connectivity index (χ3n) is 4.09. The van der Waals surface area contributed by atoms with Crippen LogP contribution in [-0.2, 0) is 13.0 Å². The Bertz CT molecular complexity index is 475. The maximum atomic E-state index is 13.4. The summed E-state index contributed by atoms with van der Waals surface area (Å²) in [6.07, 6.45) is 0.993. The van der Waals surface area contributed by atoms with E-state index in [4.69, 9.17) is 5.84 Å². The Kier molecular flexibility index (Phi) is 4.81. The summed E-state index contributed by atoms with van der Waals surface area (Å²) in [6, 6.07) is -0.152. The molecule has 2 atom stereocenters. The van der Waals surface area contributed by atoms with Gasteiger partial charge in [0.2, 0.25) is 5.92 Å². The van der Waals surface area contributed by atoms with E-state index in [0.29, 0.717) is 12.8 Å². The normalized spacial score (nSPS) is 23.2. The number of hydrogen-bond acceptors (Lipinski definition) is 3. The molecule has 0 aliphatic heterocycles. The van der Waals surface area contributed by atoms with Crippen molar-refractivity contribution in [2.24, 2.45) is 11.8 Å². The molecule has 0 radical (unpaired) electrons. The molecular weight excluding hydrogens is 330 g/mol. The lowest BCUT2D eigenvalue weighted by atomic mass is 9.94. The van der Waals surface area contributed by atoms with Crippen molar-refractivity contribution in [3.8, 4) is 0 Å². The van der Waals surface area contributed by atoms with Crippen LogP contribution in [-0.4, -0.2) is 21.7 Å². The van der Waals surface area contributed by atoms with E-state index in [-0.39, 0.29) is 24.8 Å². The van der Waals surface area contributed by atoms with Crippen molar-refractivity contribution >= 4 is 15.9 Å². The van der Waals surface area contributed by atoms with Gasteiger partial charge in [0, 0.05) is 31.8 Å². The van der Waals surface area contributed by atoms with E-state index in [0.717, 1.165) is 22.4 Å². The van der Waals surface area contributed by atoms with Crippen LogP contribution in [0.1, 0.15) is 37.6 Å². The number of halogens is 3. The number of hydrazine groups is 1. The average Bonchev–Trinajstić information content (AvgIpc) is 2.89. The van der Waals surface area contributed by atoms with Gasteiger partial charge in [-0.1, -0.05) is 0 Å². The minimum atomic E-state index is -2.54. The Morgan fingerprint density at radius 2 is 2.30 bits per heavy atom. The molecule has 1 aromatic rings. The van der Waals surface area contributed by atoms with Crippen molar-refractivity contribution in [1.82, 2.24) is 15.2 Å². The second-order valence-corrected chi connectivity index (χ2v) is 6.29. The fourth-order valence-corrected chi connectivity index (χ4v) is 3.41. The molecule has 3 N–H and O–H groups in total. The predicted octanol–water partition coefficient (Wildman–Crippen LogP) is 2.78. The van der Waals surface area contributed by atoms with Crippen LogP contribution in [0.2, 0.25) is 0 Å². The topological polar surface area (TPSA) is 55.9 Å². The second kappa shape index (κ2) is 6.07. The summed E-state index contributed by atoms with van der Waals surface area (Å²) in [5, 5.41) is 4.42. The monoisotopic (exact) mass is 350 g/mol. The summed E-state index contributed by atoms with van der Waals surface area (Å²) in [5.41, 5.74) is 4.65. The van der Waals surface area contributed by atoms with Crippen LogP contribution in [0.25, 0.3) is 0 Å². The summed E-state index contributed by atoms with van der Waals surface area (Å²) >= 11 is 3.53. The Labute approximate surface area is 126 Å². The Hall–Kier alpha value is -0.530. The van der Waals surface area contributed by atoms with Crippen LogP contribution in [0.5, 0.6) is 0 Å². The van der Waals surface area contributed by atoms with Gasteiger partial charge < -0.3 is 0 Å². The van der Waals surface area contributed by atoms with Gasteiger partial charge in [-0.3, -0.25) is 16.0 Å². The quantitative estimate of drug-likeness (QED) is 0.634. The third kappa shape index (κ3) is 3.20. The number of nitrogens with zero attached hydrogens (tertiary/aromatic N) is 2. The van der Waals surface area contributed by atoms with Gasteiger partial charge in [-0.2, -0.15) is 5.10 Å². The van der Waals surface area contributed by atoms with Crippen molar-refractivity contribution < 1.29 is 8.78 Å². The van der Waals surface area contributed by atoms with Crippen LogP contribution >= 0.6 is 15.9 Å². The molecule has 4 nitrogen and oxygen atoms in total. The molecular formula is C13H21BrF2N4. The summed E-state index contributed by atoms with van der Waals surface area (Å²) in [4.78, 5) is 0. The van der Waals surface area contributed by atoms with E-state index in [1.165, 1.54) is 0 Å². The fraction of sp³-hybridized carbons (Fsp3) is 0.769. The molecule has 1 aliphatic rings. The van der Waals surface area contributed by atoms with E-state index in [9.17, 15) is 8.78 Å². The molecule has 1 fully saturated rings. The molecule has 114 valence electrons. The highest BCUT2D eigenvalue weighted by atomic mass is 79.9. The molecule has 1 saturated carbocycles. The van der Waals surface area contributed by atoms with E-state index in [1.807, 2.05) is 18.5 Å². The van der Waals surface area contributed by atoms with Crippen molar-refractivity contribution in [3.63, 3.8) is 0 Å². The van der Waals surface area contributed by atoms with Gasteiger partial charge in [0.05, 0.1) is 15.9 Å². The van der Waals surface area contributed by atoms with E-state index < -0.39 is 5.92 Å². The summed E-state index contributed by atoms with van der Waals surface area (Å²) in [7, 11) is 0. The van der Waals surface area contributed by atoms with Crippen molar-refractivity contribution in [2.75, 3.05) is 0 Å². The number of nitrogens with two attached hydrogens (primary N) is 1. The zero-order valence-electron chi connectivity index (χ0n) is 11.8. The van der Waals surface area contributed by atoms with E-state index in [1.54, 1.807) is 0 Å². The molecule has 1 aromatic heterocycles. The molecule has 2 unspecified atom stereocenters. The average molecular weight is 351 g/mol. The second-order valence-electron chi connectivity index (χ2n) is 5.50. The van der Waals surface area contributed by atoms with Crippen LogP contribution in [0.4, 0.5) is 8.78 Å². The molecule has 7 heteroatoms. The fourth-order valence-electron chi connectivity index (χ4n) is 2.96. The van der Waals surface area contributed by atoms with Crippen molar-refractivity contribution in [3.05, 3.63) is 15.9 Å². The van der Waals surface area contributed by atoms with Crippen LogP contribution in [0.15, 0.2) is 4.47 Å². The summed E-state index contributed by atoms with van der Waals surface area (Å²) in [6.45, 7) is 4.69. The predicted molar refractivity (Wildman–Crippen MR) is 77.4 cm³/mol. The third-order valence-corrected chi connectivity index (χ3v) is 5.12. The molecule has 0 amide bonds. The highest BCUT2D eigenvalue weighted by Gasteiger charge is 2.42. The molecule has 2 rings (SSSR count). The standard InChI is InChI=1S/C13H21BrF2N4/c1-3-20-11(12(14)8(2)19-20)6-10(18-17)9-4-5-13(15,16)7-9/h9-10,18H,3-7,17H2,1-2H3. The zero-order valence-corrected chi connectivity index (χ0v) is 13.4. The smallest absolute Gasteiger partial charge is 0.248 e. The van der Waals surface area contributed by atoms with Gasteiger partial charge in [0.1, 0.15) is 0 Å². The van der Waals surface area contributed by atoms with Gasteiger partial charge >= 0.3 is 0 Å². The molecule has 1 aliphatic carbocycles. The number of rotatable bonds is 5. The van der Waals surface area contributed by atoms with Gasteiger partial charge in [-0.15, -0.1) is 0 Å². The molecule has 1 heterocycles. The summed E-state index contributed by atoms with van der Waals surface area (Å²) < 4.78 is 29.6. The van der Waals surface area contributed by atoms with Crippen LogP contribution in [0.3, 0.4) is 0 Å². The molecule has 0 saturated heterocycles. The van der Waals surface area contributed by atoms with Gasteiger partial charge in [0.25, 0.3) is 0 Å². The number of nitrogens with one attached hydrogen (secondary N) is 1. The van der Waals surface area contributed by atoms with Gasteiger partial charge in [0.15, 0.2) is 0 Å². The number of aromatic nitrogens is 2. The zero-order chi connectivity index (χ0) is 14.9. The number of hydrogen-bond donors (Lipinski definition) is 2. The van der Waals surface area contributed by atoms with Gasteiger partial charge in [-0.05, 0) is 42.1 Å². The first kappa shape index (κ1) is 15.9. The highest BCUT2D eigenvalue weighted by molar-refractivity contribution is 9.10. The Morgan fingerprint density at radius 3 is 2.80 bits per heavy atom. The Morgan fingerprint density at radius 1 is 1.60 bits per heavy atom. The molecule has 0 spiro atoms. The van der Waals surface area contributed by atoms with E-state index >= 15 is 0 Å². The Balaban J connectivity index is 2.15. The van der Waals surface area contributed by atoms with E-state index in [2.05, 4.69) is 26.5 Å². The van der Waals surface area contributed by atoms with Crippen LogP contribution < -0.4 is 11.3 Å². The summed E-state index contributed by atoms with van der Waals surface area (Å²) in [5.74, 6) is 2.96. The first-order valence-electron chi connectivity index (χ1n) is 6.93. The largest absolute Gasteiger partial charge is 0.271 e. The maximum Gasteiger partial charge on any atom is 0.248 e. The van der Waals surface area contributed by atoms with Crippen molar-refractivity contribution in [2.45, 2.75) is 58.0 Å². The lowest BCUT2D eigenvalue weighted by Crippen LogP contribution is -2.42. The number of alkyl halides is 2. The first-order chi connectivity index (χ1) is 9.38. The maximum absolute atomic E-state index is 13.4. The lowest BCUT2D eigenvalue weighted by molar-refractivity contribution is 0.00327. The lowest BCUT2D eigenvalue weighted by Gasteiger charge is -2.23. The molecule has 20 heavy (non-hydrogen) atoms. The number of aryl methyl sites for hydroxylation is 2. The minimum absolute atomic E-state index is 0.0386. The first-order valence-corrected chi connectivity index (χ1v) is 7.73. The SMILES string of the molecule is CCn1nc(C)c(Br)c1CC(NN)C1CCC(F)(F)C1. The van der Waals surface area contributed by atoms with Crippen molar-refractivity contribution in [1.29, 1.82) is 0 Å². The minimum Gasteiger partial charge on any atom is -0.271 e. The van der Waals surface area contributed by atoms with Gasteiger partial charge in [-0.25, -0.2) is 8.78 Å². The highest BCUT2D eigenvalue weighted by Crippen LogP contribution is 2.41.